The first-order valence-corrected chi connectivity index (χ1v) is 5.73. The number of rotatable bonds is 6. The lowest BCUT2D eigenvalue weighted by Crippen LogP contribution is -2.39. The molecule has 0 saturated heterocycles. The molecule has 1 aromatic carbocycles. The molecule has 0 radical (unpaired) electrons. The molecule has 19 heavy (non-hydrogen) atoms. The van der Waals surface area contributed by atoms with E-state index in [4.69, 9.17) is 4.74 Å². The van der Waals surface area contributed by atoms with Crippen LogP contribution in [-0.2, 0) is 4.79 Å². The number of nitrogens with one attached hydrogen (secondary N) is 1. The summed E-state index contributed by atoms with van der Waals surface area (Å²) in [6, 6.07) is 5.56. The molecule has 0 aromatic heterocycles. The number of benzene rings is 1. The number of carbonyl (C=O) groups excluding carboxylic acids is 1. The van der Waals surface area contributed by atoms with Gasteiger partial charge in [0.2, 0.25) is 5.91 Å². The molecule has 104 valence electrons. The predicted molar refractivity (Wildman–Crippen MR) is 67.9 cm³/mol. The summed E-state index contributed by atoms with van der Waals surface area (Å²) in [5.74, 6) is 0.182. The molecule has 7 nitrogen and oxygen atoms in total. The lowest BCUT2D eigenvalue weighted by atomic mass is 10.2. The molecule has 0 fully saturated rings. The van der Waals surface area contributed by atoms with Crippen LogP contribution in [0.5, 0.6) is 5.75 Å². The Kier molecular flexibility index (Phi) is 5.25. The third-order valence-electron chi connectivity index (χ3n) is 2.47. The van der Waals surface area contributed by atoms with Gasteiger partial charge in [0.15, 0.2) is 0 Å². The van der Waals surface area contributed by atoms with Crippen LogP contribution in [0, 0.1) is 10.1 Å². The van der Waals surface area contributed by atoms with Crippen LogP contribution in [0.4, 0.5) is 5.69 Å². The Morgan fingerprint density at radius 2 is 2.05 bits per heavy atom. The number of amides is 1. The Labute approximate surface area is 110 Å². The highest BCUT2D eigenvalue weighted by atomic mass is 16.6. The smallest absolute Gasteiger partial charge is 0.269 e. The molecule has 0 bridgehead atoms. The number of carbonyl (C=O) groups is 1. The molecule has 0 heterocycles. The Balaban J connectivity index is 2.53. The Hall–Kier alpha value is -2.15. The molecular weight excluding hydrogens is 252 g/mol. The zero-order valence-corrected chi connectivity index (χ0v) is 10.7. The predicted octanol–water partition coefficient (Wildman–Crippen LogP) is 0.859. The van der Waals surface area contributed by atoms with Crippen LogP contribution in [-0.4, -0.2) is 34.7 Å². The Morgan fingerprint density at radius 1 is 1.47 bits per heavy atom. The molecule has 0 spiro atoms. The van der Waals surface area contributed by atoms with E-state index < -0.39 is 17.1 Å². The van der Waals surface area contributed by atoms with Gasteiger partial charge in [0.1, 0.15) is 18.0 Å². The van der Waals surface area contributed by atoms with E-state index in [2.05, 4.69) is 5.32 Å². The molecule has 0 saturated carbocycles. The highest BCUT2D eigenvalue weighted by Gasteiger charge is 2.16. The number of aliphatic hydroxyl groups is 1. The Bertz CT molecular complexity index is 446. The fraction of sp³-hybridized carbons (Fsp3) is 0.417. The van der Waals surface area contributed by atoms with E-state index in [1.54, 1.807) is 6.92 Å². The molecule has 1 amide bonds. The summed E-state index contributed by atoms with van der Waals surface area (Å²) in [6.45, 7) is 3.09. The van der Waals surface area contributed by atoms with Gasteiger partial charge < -0.3 is 15.2 Å². The minimum Gasteiger partial charge on any atom is -0.488 e. The van der Waals surface area contributed by atoms with Gasteiger partial charge in [-0.2, -0.15) is 0 Å². The molecule has 1 rings (SSSR count). The van der Waals surface area contributed by atoms with Crippen LogP contribution in [0.1, 0.15) is 13.8 Å². The standard InChI is InChI=1S/C12H16N2O5/c1-8(12(16)7-13-9(2)15)19-11-5-3-10(4-6-11)14(17)18/h3-6,8,12,16H,7H2,1-2H3,(H,13,15). The maximum Gasteiger partial charge on any atom is 0.269 e. The molecule has 0 aliphatic rings. The molecule has 2 N–H and O–H groups in total. The molecule has 7 heteroatoms. The zero-order chi connectivity index (χ0) is 14.4. The quantitative estimate of drug-likeness (QED) is 0.588. The third kappa shape index (κ3) is 4.92. The van der Waals surface area contributed by atoms with Gasteiger partial charge in [-0.1, -0.05) is 0 Å². The van der Waals surface area contributed by atoms with Gasteiger partial charge in [0, 0.05) is 25.6 Å². The average molecular weight is 268 g/mol. The van der Waals surface area contributed by atoms with Crippen molar-refractivity contribution in [2.45, 2.75) is 26.1 Å². The van der Waals surface area contributed by atoms with E-state index in [-0.39, 0.29) is 18.1 Å². The van der Waals surface area contributed by atoms with Crippen molar-refractivity contribution in [3.05, 3.63) is 34.4 Å². The number of hydrogen-bond acceptors (Lipinski definition) is 5. The van der Waals surface area contributed by atoms with Crippen molar-refractivity contribution >= 4 is 11.6 Å². The SMILES string of the molecule is CC(=O)NCC(O)C(C)Oc1ccc([N+](=O)[O-])cc1. The van der Waals surface area contributed by atoms with Gasteiger partial charge in [-0.3, -0.25) is 14.9 Å². The fourth-order valence-corrected chi connectivity index (χ4v) is 1.35. The highest BCUT2D eigenvalue weighted by molar-refractivity contribution is 5.72. The monoisotopic (exact) mass is 268 g/mol. The fourth-order valence-electron chi connectivity index (χ4n) is 1.35. The van der Waals surface area contributed by atoms with Gasteiger partial charge in [-0.15, -0.1) is 0 Å². The van der Waals surface area contributed by atoms with Gasteiger partial charge in [-0.25, -0.2) is 0 Å². The van der Waals surface area contributed by atoms with E-state index in [1.807, 2.05) is 0 Å². The van der Waals surface area contributed by atoms with Gasteiger partial charge >= 0.3 is 0 Å². The third-order valence-corrected chi connectivity index (χ3v) is 2.47. The summed E-state index contributed by atoms with van der Waals surface area (Å²) in [7, 11) is 0. The molecule has 2 atom stereocenters. The van der Waals surface area contributed by atoms with Crippen molar-refractivity contribution < 1.29 is 19.6 Å². The van der Waals surface area contributed by atoms with Gasteiger partial charge in [0.05, 0.1) is 4.92 Å². The topological polar surface area (TPSA) is 102 Å². The van der Waals surface area contributed by atoms with E-state index in [1.165, 1.54) is 31.2 Å². The van der Waals surface area contributed by atoms with Crippen molar-refractivity contribution in [3.63, 3.8) is 0 Å². The summed E-state index contributed by atoms with van der Waals surface area (Å²) in [5, 5.41) is 22.7. The maximum absolute atomic E-state index is 10.7. The molecule has 0 aliphatic heterocycles. The zero-order valence-electron chi connectivity index (χ0n) is 10.7. The minimum absolute atomic E-state index is 0.0289. The number of aliphatic hydroxyl groups excluding tert-OH is 1. The molecule has 0 aliphatic carbocycles. The van der Waals surface area contributed by atoms with Crippen LogP contribution in [0.3, 0.4) is 0 Å². The molecule has 2 unspecified atom stereocenters. The number of nitro benzene ring substituents is 1. The minimum atomic E-state index is -0.862. The van der Waals surface area contributed by atoms with Gasteiger partial charge in [-0.05, 0) is 19.1 Å². The first kappa shape index (κ1) is 14.9. The van der Waals surface area contributed by atoms with Crippen molar-refractivity contribution in [3.8, 4) is 5.75 Å². The second-order valence-electron chi connectivity index (χ2n) is 4.08. The first-order valence-electron chi connectivity index (χ1n) is 5.73. The van der Waals surface area contributed by atoms with Crippen LogP contribution in [0.25, 0.3) is 0 Å². The first-order chi connectivity index (χ1) is 8.90. The van der Waals surface area contributed by atoms with Crippen molar-refractivity contribution in [2.24, 2.45) is 0 Å². The van der Waals surface area contributed by atoms with Crippen LogP contribution in [0.15, 0.2) is 24.3 Å². The second-order valence-corrected chi connectivity index (χ2v) is 4.08. The second kappa shape index (κ2) is 6.69. The summed E-state index contributed by atoms with van der Waals surface area (Å²) in [6.07, 6.45) is -1.41. The maximum atomic E-state index is 10.7. The summed E-state index contributed by atoms with van der Waals surface area (Å²) in [4.78, 5) is 20.7. The van der Waals surface area contributed by atoms with Crippen molar-refractivity contribution in [2.75, 3.05) is 6.54 Å². The largest absolute Gasteiger partial charge is 0.488 e. The Morgan fingerprint density at radius 3 is 2.53 bits per heavy atom. The lowest BCUT2D eigenvalue weighted by molar-refractivity contribution is -0.384. The van der Waals surface area contributed by atoms with E-state index in [0.29, 0.717) is 5.75 Å². The van der Waals surface area contributed by atoms with Crippen molar-refractivity contribution in [1.82, 2.24) is 5.32 Å². The summed E-state index contributed by atoms with van der Waals surface area (Å²) in [5.41, 5.74) is -0.0289. The van der Waals surface area contributed by atoms with E-state index in [9.17, 15) is 20.0 Å². The normalized spacial score (nSPS) is 13.4. The lowest BCUT2D eigenvalue weighted by Gasteiger charge is -2.20. The van der Waals surface area contributed by atoms with Gasteiger partial charge in [0.25, 0.3) is 5.69 Å². The van der Waals surface area contributed by atoms with E-state index in [0.717, 1.165) is 0 Å². The van der Waals surface area contributed by atoms with Crippen LogP contribution < -0.4 is 10.1 Å². The highest BCUT2D eigenvalue weighted by Crippen LogP contribution is 2.18. The number of nitro groups is 1. The number of nitrogens with zero attached hydrogens (tertiary/aromatic N) is 1. The van der Waals surface area contributed by atoms with E-state index >= 15 is 0 Å². The number of ether oxygens (including phenoxy) is 1. The van der Waals surface area contributed by atoms with Crippen LogP contribution >= 0.6 is 0 Å². The number of hydrogen-bond donors (Lipinski definition) is 2. The number of non-ortho nitro benzene ring substituents is 1. The molecule has 1 aromatic rings. The average Bonchev–Trinajstić information content (AvgIpc) is 2.36. The van der Waals surface area contributed by atoms with Crippen molar-refractivity contribution in [1.29, 1.82) is 0 Å². The summed E-state index contributed by atoms with van der Waals surface area (Å²) >= 11 is 0. The summed E-state index contributed by atoms with van der Waals surface area (Å²) < 4.78 is 5.42. The molecular formula is C12H16N2O5. The van der Waals surface area contributed by atoms with Crippen LogP contribution in [0.2, 0.25) is 0 Å².